The first-order valence-corrected chi connectivity index (χ1v) is 10.8. The molecule has 0 unspecified atom stereocenters. The topological polar surface area (TPSA) is 136 Å². The van der Waals surface area contributed by atoms with Crippen molar-refractivity contribution < 1.29 is 14.5 Å². The summed E-state index contributed by atoms with van der Waals surface area (Å²) in [6.45, 7) is 10.1. The standard InChI is InChI=1S/C22H29N7O2/c1-11(2)5-6-29-16(30)7-14-17-15(8-23)21(28-9-12(3)31-13(4)10-28)26-19(24)18(17)20(25)27-22(14)29/h11-13H,5-7,9-10H2,1-4H3,(H2,24,26)(H2,25,27)/p+1/t12-,13+. The number of nitrogens with two attached hydrogens (primary N) is 2. The van der Waals surface area contributed by atoms with Gasteiger partial charge in [-0.2, -0.15) is 5.26 Å². The fraction of sp³-hybridized carbons (Fsp3) is 0.545. The molecular weight excluding hydrogens is 394 g/mol. The van der Waals surface area contributed by atoms with Crippen molar-refractivity contribution in [2.24, 2.45) is 5.92 Å². The minimum absolute atomic E-state index is 0.0157. The summed E-state index contributed by atoms with van der Waals surface area (Å²) in [6.07, 6.45) is 1.07. The predicted octanol–water partition coefficient (Wildman–Crippen LogP) is 1.63. The maximum Gasteiger partial charge on any atom is 0.240 e. The van der Waals surface area contributed by atoms with Gasteiger partial charge in [-0.25, -0.2) is 9.97 Å². The summed E-state index contributed by atoms with van der Waals surface area (Å²) in [5, 5.41) is 11.3. The highest BCUT2D eigenvalue weighted by atomic mass is 16.5. The fourth-order valence-corrected chi connectivity index (χ4v) is 4.63. The number of morpholine rings is 1. The Morgan fingerprint density at radius 3 is 2.55 bits per heavy atom. The summed E-state index contributed by atoms with van der Waals surface area (Å²) in [7, 11) is 0. The Kier molecular flexibility index (Phi) is 5.35. The highest BCUT2D eigenvalue weighted by Gasteiger charge is 2.36. The van der Waals surface area contributed by atoms with Crippen molar-refractivity contribution in [3.05, 3.63) is 11.1 Å². The number of carbonyl (C=O) groups excluding carboxylic acids is 1. The van der Waals surface area contributed by atoms with E-state index in [1.807, 2.05) is 13.8 Å². The molecule has 4 heterocycles. The largest absolute Gasteiger partial charge is 0.383 e. The van der Waals surface area contributed by atoms with Gasteiger partial charge in [-0.1, -0.05) is 13.8 Å². The molecule has 0 saturated carbocycles. The molecule has 1 fully saturated rings. The Hall–Kier alpha value is -3.12. The zero-order valence-electron chi connectivity index (χ0n) is 18.5. The predicted molar refractivity (Wildman–Crippen MR) is 120 cm³/mol. The normalized spacial score (nSPS) is 21.1. The lowest BCUT2D eigenvalue weighted by molar-refractivity contribution is -0.345. The fourth-order valence-electron chi connectivity index (χ4n) is 4.63. The van der Waals surface area contributed by atoms with Gasteiger partial charge in [0.1, 0.15) is 23.3 Å². The number of pyridine rings is 2. The van der Waals surface area contributed by atoms with E-state index < -0.39 is 0 Å². The number of nitrogen functional groups attached to an aromatic ring is 2. The molecule has 31 heavy (non-hydrogen) atoms. The SMILES string of the molecule is CC(C)CCN1C(=O)Cc2c1nc(N)c1c(N)[nH+]c(N3C[C@@H](C)O[C@@H](C)C3)c(C#N)c21. The van der Waals surface area contributed by atoms with Gasteiger partial charge in [-0.15, -0.1) is 0 Å². The van der Waals surface area contributed by atoms with E-state index in [2.05, 4.69) is 34.8 Å². The number of nitrogens with zero attached hydrogens (tertiary/aromatic N) is 4. The molecule has 0 aromatic carbocycles. The minimum Gasteiger partial charge on any atom is -0.383 e. The van der Waals surface area contributed by atoms with Crippen molar-refractivity contribution in [1.82, 2.24) is 4.98 Å². The Balaban J connectivity index is 1.92. The highest BCUT2D eigenvalue weighted by Crippen LogP contribution is 2.41. The molecule has 2 aromatic rings. The third-order valence-corrected chi connectivity index (χ3v) is 5.98. The first kappa shape index (κ1) is 21.1. The van der Waals surface area contributed by atoms with Crippen molar-refractivity contribution in [2.75, 3.05) is 40.9 Å². The van der Waals surface area contributed by atoms with Crippen molar-refractivity contribution in [2.45, 2.75) is 52.7 Å². The first-order valence-electron chi connectivity index (χ1n) is 10.8. The van der Waals surface area contributed by atoms with Gasteiger partial charge in [-0.3, -0.25) is 14.6 Å². The third kappa shape index (κ3) is 3.61. The molecule has 5 N–H and O–H groups in total. The molecule has 0 spiro atoms. The van der Waals surface area contributed by atoms with E-state index in [1.54, 1.807) is 4.90 Å². The molecule has 4 rings (SSSR count). The van der Waals surface area contributed by atoms with Crippen LogP contribution in [0.2, 0.25) is 0 Å². The lowest BCUT2D eigenvalue weighted by Gasteiger charge is -2.33. The van der Waals surface area contributed by atoms with Crippen LogP contribution < -0.4 is 26.3 Å². The Morgan fingerprint density at radius 1 is 1.26 bits per heavy atom. The van der Waals surface area contributed by atoms with Gasteiger partial charge in [0.25, 0.3) is 0 Å². The van der Waals surface area contributed by atoms with E-state index in [1.165, 1.54) is 0 Å². The number of aromatic amines is 1. The first-order chi connectivity index (χ1) is 14.7. The second-order valence-electron chi connectivity index (χ2n) is 8.99. The van der Waals surface area contributed by atoms with Crippen LogP contribution in [0.25, 0.3) is 10.8 Å². The second kappa shape index (κ2) is 7.85. The van der Waals surface area contributed by atoms with Gasteiger partial charge in [0.15, 0.2) is 0 Å². The van der Waals surface area contributed by atoms with Gasteiger partial charge < -0.3 is 16.2 Å². The van der Waals surface area contributed by atoms with Crippen LogP contribution in [0.5, 0.6) is 0 Å². The quantitative estimate of drug-likeness (QED) is 0.761. The number of fused-ring (bicyclic) bond motifs is 3. The molecule has 9 nitrogen and oxygen atoms in total. The molecule has 1 saturated heterocycles. The smallest absolute Gasteiger partial charge is 0.240 e. The number of anilines is 4. The van der Waals surface area contributed by atoms with Gasteiger partial charge >= 0.3 is 0 Å². The summed E-state index contributed by atoms with van der Waals surface area (Å²) in [5.41, 5.74) is 13.8. The number of H-pyrrole nitrogens is 1. The van der Waals surface area contributed by atoms with E-state index in [0.717, 1.165) is 12.0 Å². The number of ether oxygens (including phenoxy) is 1. The molecule has 0 radical (unpaired) electrons. The van der Waals surface area contributed by atoms with E-state index >= 15 is 0 Å². The van der Waals surface area contributed by atoms with Crippen LogP contribution in [-0.4, -0.2) is 42.7 Å². The monoisotopic (exact) mass is 424 g/mol. The van der Waals surface area contributed by atoms with E-state index in [9.17, 15) is 10.1 Å². The van der Waals surface area contributed by atoms with Gasteiger partial charge in [0.05, 0.1) is 37.1 Å². The average molecular weight is 425 g/mol. The zero-order chi connectivity index (χ0) is 22.4. The van der Waals surface area contributed by atoms with Crippen LogP contribution in [0.15, 0.2) is 0 Å². The molecule has 1 amide bonds. The number of nitriles is 1. The lowest BCUT2D eigenvalue weighted by Crippen LogP contribution is -2.48. The molecular formula is C22H30N7O2+. The molecule has 0 bridgehead atoms. The number of rotatable bonds is 4. The van der Waals surface area contributed by atoms with Crippen LogP contribution in [0.4, 0.5) is 23.3 Å². The summed E-state index contributed by atoms with van der Waals surface area (Å²) in [4.78, 5) is 24.3. The van der Waals surface area contributed by atoms with Crippen LogP contribution in [-0.2, 0) is 16.0 Å². The number of aromatic nitrogens is 2. The number of nitrogens with one attached hydrogen (secondary N) is 1. The summed E-state index contributed by atoms with van der Waals surface area (Å²) in [6, 6.07) is 2.35. The number of carbonyl (C=O) groups is 1. The number of hydrogen-bond acceptors (Lipinski definition) is 7. The van der Waals surface area contributed by atoms with Crippen molar-refractivity contribution in [3.8, 4) is 6.07 Å². The second-order valence-corrected chi connectivity index (χ2v) is 8.99. The van der Waals surface area contributed by atoms with Crippen molar-refractivity contribution in [3.63, 3.8) is 0 Å². The average Bonchev–Trinajstić information content (AvgIpc) is 3.00. The van der Waals surface area contributed by atoms with E-state index in [0.29, 0.717) is 59.3 Å². The molecule has 0 aliphatic carbocycles. The van der Waals surface area contributed by atoms with Crippen LogP contribution in [0, 0.1) is 17.2 Å². The Bertz CT molecular complexity index is 1080. The molecule has 2 aromatic heterocycles. The molecule has 2 aliphatic rings. The number of hydrogen-bond donors (Lipinski definition) is 2. The molecule has 164 valence electrons. The number of amides is 1. The van der Waals surface area contributed by atoms with Crippen LogP contribution in [0.3, 0.4) is 0 Å². The van der Waals surface area contributed by atoms with Gasteiger partial charge in [-0.05, 0) is 26.2 Å². The highest BCUT2D eigenvalue weighted by molar-refractivity contribution is 6.12. The van der Waals surface area contributed by atoms with Crippen LogP contribution in [0.1, 0.15) is 45.2 Å². The summed E-state index contributed by atoms with van der Waals surface area (Å²) < 4.78 is 5.85. The maximum atomic E-state index is 12.9. The van der Waals surface area contributed by atoms with E-state index in [4.69, 9.17) is 16.2 Å². The van der Waals surface area contributed by atoms with Crippen molar-refractivity contribution >= 4 is 40.0 Å². The minimum atomic E-state index is -0.0273. The lowest BCUT2D eigenvalue weighted by atomic mass is 10.00. The molecule has 2 atom stereocenters. The van der Waals surface area contributed by atoms with Crippen molar-refractivity contribution in [1.29, 1.82) is 5.26 Å². The van der Waals surface area contributed by atoms with Crippen LogP contribution >= 0.6 is 0 Å². The van der Waals surface area contributed by atoms with Gasteiger partial charge in [0, 0.05) is 17.5 Å². The zero-order valence-corrected chi connectivity index (χ0v) is 18.5. The van der Waals surface area contributed by atoms with Gasteiger partial charge in [0.2, 0.25) is 17.5 Å². The maximum absolute atomic E-state index is 12.9. The summed E-state index contributed by atoms with van der Waals surface area (Å²) >= 11 is 0. The molecule has 2 aliphatic heterocycles. The Labute approximate surface area is 182 Å². The summed E-state index contributed by atoms with van der Waals surface area (Å²) in [5.74, 6) is 2.17. The third-order valence-electron chi connectivity index (χ3n) is 5.98. The molecule has 9 heteroatoms. The van der Waals surface area contributed by atoms with E-state index in [-0.39, 0.29) is 30.4 Å². The Morgan fingerprint density at radius 2 is 1.94 bits per heavy atom.